The second-order valence-electron chi connectivity index (χ2n) is 8.25. The Labute approximate surface area is 156 Å². The van der Waals surface area contributed by atoms with Crippen LogP contribution in [0.2, 0.25) is 0 Å². The van der Waals surface area contributed by atoms with E-state index < -0.39 is 0 Å². The minimum atomic E-state index is 0.0807. The number of nitrogens with one attached hydrogen (secondary N) is 2. The Morgan fingerprint density at radius 3 is 2.35 bits per heavy atom. The van der Waals surface area contributed by atoms with Gasteiger partial charge in [0.15, 0.2) is 0 Å². The number of fused-ring (bicyclic) bond motifs is 1. The Morgan fingerprint density at radius 2 is 1.58 bits per heavy atom. The highest BCUT2D eigenvalue weighted by molar-refractivity contribution is 5.98. The molecule has 2 aromatic rings. The molecule has 1 aliphatic carbocycles. The van der Waals surface area contributed by atoms with E-state index in [4.69, 9.17) is 0 Å². The number of benzene rings is 2. The van der Waals surface area contributed by atoms with Crippen molar-refractivity contribution in [3.63, 3.8) is 0 Å². The number of rotatable bonds is 4. The van der Waals surface area contributed by atoms with Gasteiger partial charge in [0.1, 0.15) is 5.54 Å². The molecule has 0 spiro atoms. The Balaban J connectivity index is 1.48. The van der Waals surface area contributed by atoms with Gasteiger partial charge in [0, 0.05) is 18.4 Å². The van der Waals surface area contributed by atoms with Crippen LogP contribution in [0.4, 0.5) is 0 Å². The lowest BCUT2D eigenvalue weighted by atomic mass is 9.79. The van der Waals surface area contributed by atoms with E-state index in [0.717, 1.165) is 17.5 Å². The molecule has 4 rings (SSSR count). The monoisotopic (exact) mass is 351 g/mol. The lowest BCUT2D eigenvalue weighted by Crippen LogP contribution is -3.22. The first-order valence-corrected chi connectivity index (χ1v) is 10.4. The van der Waals surface area contributed by atoms with Crippen LogP contribution in [0.15, 0.2) is 42.5 Å². The molecular formula is C23H31N2O+. The van der Waals surface area contributed by atoms with Crippen LogP contribution in [0.3, 0.4) is 0 Å². The van der Waals surface area contributed by atoms with Crippen LogP contribution < -0.4 is 10.2 Å². The number of hydrogen-bond acceptors (Lipinski definition) is 1. The van der Waals surface area contributed by atoms with E-state index in [1.54, 1.807) is 4.90 Å². The molecule has 1 aliphatic heterocycles. The fourth-order valence-electron chi connectivity index (χ4n) is 5.07. The Kier molecular flexibility index (Phi) is 5.26. The predicted molar refractivity (Wildman–Crippen MR) is 107 cm³/mol. The number of carbonyl (C=O) groups is 1. The first-order valence-electron chi connectivity index (χ1n) is 10.4. The average Bonchev–Trinajstić information content (AvgIpc) is 2.73. The predicted octanol–water partition coefficient (Wildman–Crippen LogP) is 3.34. The highest BCUT2D eigenvalue weighted by Gasteiger charge is 2.42. The summed E-state index contributed by atoms with van der Waals surface area (Å²) in [6.07, 6.45) is 10.6. The molecule has 0 bridgehead atoms. The first kappa shape index (κ1) is 17.5. The number of hydrogen-bond donors (Lipinski definition) is 2. The number of piperidine rings is 1. The summed E-state index contributed by atoms with van der Waals surface area (Å²) in [6.45, 7) is 3.39. The summed E-state index contributed by atoms with van der Waals surface area (Å²) in [5, 5.41) is 5.63. The summed E-state index contributed by atoms with van der Waals surface area (Å²) in [5.41, 5.74) is 1.05. The molecule has 1 heterocycles. The highest BCUT2D eigenvalue weighted by atomic mass is 16.1. The van der Waals surface area contributed by atoms with E-state index >= 15 is 0 Å². The van der Waals surface area contributed by atoms with Crippen molar-refractivity contribution in [3.05, 3.63) is 48.0 Å². The molecule has 26 heavy (non-hydrogen) atoms. The zero-order chi connectivity index (χ0) is 17.8. The standard InChI is InChI=1S/C23H30N2O/c26-22(21-12-11-19-9-3-4-10-20(19)17-21)24-18-23(13-5-1-6-14-23)25-15-7-2-8-16-25/h3-4,9-12,17H,1-2,5-8,13-16,18H2,(H,24,26)/p+1. The zero-order valence-corrected chi connectivity index (χ0v) is 15.7. The molecule has 0 atom stereocenters. The zero-order valence-electron chi connectivity index (χ0n) is 15.7. The molecule has 3 heteroatoms. The second-order valence-corrected chi connectivity index (χ2v) is 8.25. The van der Waals surface area contributed by atoms with Crippen LogP contribution in [0, 0.1) is 0 Å². The molecule has 0 aromatic heterocycles. The van der Waals surface area contributed by atoms with E-state index in [1.165, 1.54) is 69.8 Å². The molecule has 138 valence electrons. The molecule has 1 saturated heterocycles. The van der Waals surface area contributed by atoms with Crippen LogP contribution >= 0.6 is 0 Å². The normalized spacial score (nSPS) is 20.8. The maximum atomic E-state index is 12.8. The summed E-state index contributed by atoms with van der Waals surface area (Å²) in [7, 11) is 0. The number of quaternary nitrogens is 1. The van der Waals surface area contributed by atoms with E-state index in [1.807, 2.05) is 24.3 Å². The van der Waals surface area contributed by atoms with E-state index in [2.05, 4.69) is 23.5 Å². The van der Waals surface area contributed by atoms with Crippen molar-refractivity contribution in [2.75, 3.05) is 19.6 Å². The molecule has 2 aromatic carbocycles. The number of likely N-dealkylation sites (tertiary alicyclic amines) is 1. The van der Waals surface area contributed by atoms with E-state index in [0.29, 0.717) is 0 Å². The van der Waals surface area contributed by atoms with Gasteiger partial charge in [-0.15, -0.1) is 0 Å². The third-order valence-corrected chi connectivity index (χ3v) is 6.62. The van der Waals surface area contributed by atoms with Crippen molar-refractivity contribution in [2.24, 2.45) is 0 Å². The van der Waals surface area contributed by atoms with Gasteiger partial charge in [-0.3, -0.25) is 4.79 Å². The van der Waals surface area contributed by atoms with Crippen molar-refractivity contribution < 1.29 is 9.69 Å². The second kappa shape index (κ2) is 7.79. The lowest BCUT2D eigenvalue weighted by molar-refractivity contribution is -0.957. The fraction of sp³-hybridized carbons (Fsp3) is 0.522. The Hall–Kier alpha value is -1.87. The van der Waals surface area contributed by atoms with Crippen LogP contribution in [0.25, 0.3) is 10.8 Å². The number of amides is 1. The topological polar surface area (TPSA) is 33.5 Å². The maximum absolute atomic E-state index is 12.8. The summed E-state index contributed by atoms with van der Waals surface area (Å²) in [4.78, 5) is 14.6. The van der Waals surface area contributed by atoms with Crippen molar-refractivity contribution in [2.45, 2.75) is 56.9 Å². The fourth-order valence-corrected chi connectivity index (χ4v) is 5.07. The molecule has 0 radical (unpaired) electrons. The van der Waals surface area contributed by atoms with E-state index in [9.17, 15) is 4.79 Å². The first-order chi connectivity index (χ1) is 12.8. The van der Waals surface area contributed by atoms with Crippen LogP contribution in [0.5, 0.6) is 0 Å². The highest BCUT2D eigenvalue weighted by Crippen LogP contribution is 2.26. The van der Waals surface area contributed by atoms with Crippen molar-refractivity contribution in [1.29, 1.82) is 0 Å². The summed E-state index contributed by atoms with van der Waals surface area (Å²) in [6, 6.07) is 14.3. The van der Waals surface area contributed by atoms with Crippen molar-refractivity contribution in [3.8, 4) is 0 Å². The third kappa shape index (κ3) is 3.64. The van der Waals surface area contributed by atoms with Crippen LogP contribution in [0.1, 0.15) is 61.7 Å². The van der Waals surface area contributed by atoms with Gasteiger partial charge < -0.3 is 10.2 Å². The molecule has 1 saturated carbocycles. The van der Waals surface area contributed by atoms with E-state index in [-0.39, 0.29) is 11.4 Å². The van der Waals surface area contributed by atoms with Gasteiger partial charge in [-0.1, -0.05) is 36.8 Å². The maximum Gasteiger partial charge on any atom is 0.251 e. The molecule has 2 fully saturated rings. The molecule has 3 nitrogen and oxygen atoms in total. The van der Waals surface area contributed by atoms with Crippen LogP contribution in [-0.4, -0.2) is 31.1 Å². The van der Waals surface area contributed by atoms with Gasteiger partial charge in [0.2, 0.25) is 0 Å². The molecule has 2 N–H and O–H groups in total. The molecule has 1 amide bonds. The Morgan fingerprint density at radius 1 is 0.885 bits per heavy atom. The largest absolute Gasteiger partial charge is 0.346 e. The molecular weight excluding hydrogens is 320 g/mol. The molecule has 0 unspecified atom stereocenters. The minimum absolute atomic E-state index is 0.0807. The average molecular weight is 352 g/mol. The quantitative estimate of drug-likeness (QED) is 0.870. The van der Waals surface area contributed by atoms with Gasteiger partial charge in [-0.05, 0) is 55.0 Å². The Bertz CT molecular complexity index is 758. The van der Waals surface area contributed by atoms with Gasteiger partial charge >= 0.3 is 0 Å². The summed E-state index contributed by atoms with van der Waals surface area (Å²) in [5.74, 6) is 0.0807. The van der Waals surface area contributed by atoms with Gasteiger partial charge in [0.25, 0.3) is 5.91 Å². The minimum Gasteiger partial charge on any atom is -0.346 e. The van der Waals surface area contributed by atoms with Gasteiger partial charge in [-0.2, -0.15) is 0 Å². The van der Waals surface area contributed by atoms with Gasteiger partial charge in [0.05, 0.1) is 19.6 Å². The lowest BCUT2D eigenvalue weighted by Gasteiger charge is -2.45. The molecule has 2 aliphatic rings. The third-order valence-electron chi connectivity index (χ3n) is 6.62. The van der Waals surface area contributed by atoms with Crippen molar-refractivity contribution >= 4 is 16.7 Å². The van der Waals surface area contributed by atoms with Crippen LogP contribution in [-0.2, 0) is 0 Å². The van der Waals surface area contributed by atoms with Gasteiger partial charge in [-0.25, -0.2) is 0 Å². The van der Waals surface area contributed by atoms with Crippen molar-refractivity contribution in [1.82, 2.24) is 5.32 Å². The number of carbonyl (C=O) groups excluding carboxylic acids is 1. The smallest absolute Gasteiger partial charge is 0.251 e. The summed E-state index contributed by atoms with van der Waals surface area (Å²) >= 11 is 0. The SMILES string of the molecule is O=C(NCC1([NH+]2CCCCC2)CCCCC1)c1ccc2ccccc2c1. The summed E-state index contributed by atoms with van der Waals surface area (Å²) < 4.78 is 0.